The van der Waals surface area contributed by atoms with E-state index in [0.29, 0.717) is 0 Å². The van der Waals surface area contributed by atoms with E-state index in [1.54, 1.807) is 0 Å². The first-order chi connectivity index (χ1) is 9.08. The third-order valence-electron chi connectivity index (χ3n) is 4.78. The SMILES string of the molecule is CC1(C)CC([N+](C)(C)CCCCCCBr)CC(C)(C)N1. The summed E-state index contributed by atoms with van der Waals surface area (Å²) in [6.07, 6.45) is 8.00. The Balaban J connectivity index is 2.53. The number of halogens is 1. The molecule has 0 aromatic carbocycles. The van der Waals surface area contributed by atoms with E-state index in [1.807, 2.05) is 0 Å². The molecular formula is C17H36BrN2+. The summed E-state index contributed by atoms with van der Waals surface area (Å²) in [6.45, 7) is 10.8. The number of unbranched alkanes of at least 4 members (excludes halogenated alkanes) is 3. The van der Waals surface area contributed by atoms with Crippen molar-refractivity contribution in [2.45, 2.75) is 83.3 Å². The lowest BCUT2D eigenvalue weighted by atomic mass is 9.78. The lowest BCUT2D eigenvalue weighted by Gasteiger charge is -2.51. The molecule has 120 valence electrons. The molecule has 0 saturated carbocycles. The molecule has 0 bridgehead atoms. The van der Waals surface area contributed by atoms with Gasteiger partial charge in [0.25, 0.3) is 0 Å². The first kappa shape index (κ1) is 18.4. The van der Waals surface area contributed by atoms with Gasteiger partial charge in [-0.1, -0.05) is 22.4 Å². The van der Waals surface area contributed by atoms with Crippen molar-refractivity contribution in [1.82, 2.24) is 5.32 Å². The number of nitrogens with one attached hydrogen (secondary N) is 1. The molecule has 0 aromatic rings. The summed E-state index contributed by atoms with van der Waals surface area (Å²) >= 11 is 3.52. The summed E-state index contributed by atoms with van der Waals surface area (Å²) in [6, 6.07) is 0.775. The van der Waals surface area contributed by atoms with Gasteiger partial charge in [0.1, 0.15) is 0 Å². The zero-order valence-corrected chi connectivity index (χ0v) is 16.1. The summed E-state index contributed by atoms with van der Waals surface area (Å²) in [5, 5.41) is 4.96. The molecule has 0 aliphatic carbocycles. The minimum atomic E-state index is 0.262. The van der Waals surface area contributed by atoms with Gasteiger partial charge >= 0.3 is 0 Å². The number of hydrogen-bond donors (Lipinski definition) is 1. The first-order valence-electron chi connectivity index (χ1n) is 8.26. The zero-order chi connectivity index (χ0) is 15.4. The van der Waals surface area contributed by atoms with Crippen LogP contribution in [0.1, 0.15) is 66.2 Å². The van der Waals surface area contributed by atoms with Gasteiger partial charge in [-0.15, -0.1) is 0 Å². The molecule has 0 spiro atoms. The van der Waals surface area contributed by atoms with E-state index in [1.165, 1.54) is 49.6 Å². The lowest BCUT2D eigenvalue weighted by Crippen LogP contribution is -2.65. The van der Waals surface area contributed by atoms with E-state index in [4.69, 9.17) is 0 Å². The van der Waals surface area contributed by atoms with Crippen molar-refractivity contribution in [3.8, 4) is 0 Å². The van der Waals surface area contributed by atoms with Gasteiger partial charge in [-0.3, -0.25) is 0 Å². The van der Waals surface area contributed by atoms with E-state index in [0.717, 1.165) is 11.4 Å². The van der Waals surface area contributed by atoms with Gasteiger partial charge in [-0.05, 0) is 47.0 Å². The van der Waals surface area contributed by atoms with Gasteiger partial charge in [0, 0.05) is 29.2 Å². The molecule has 0 atom stereocenters. The molecular weight excluding hydrogens is 312 g/mol. The van der Waals surface area contributed by atoms with Crippen LogP contribution in [0.5, 0.6) is 0 Å². The van der Waals surface area contributed by atoms with Crippen molar-refractivity contribution in [3.63, 3.8) is 0 Å². The summed E-state index contributed by atoms with van der Waals surface area (Å²) in [5.41, 5.74) is 0.524. The predicted octanol–water partition coefficient (Wildman–Crippen LogP) is 4.33. The smallest absolute Gasteiger partial charge is 0.0921 e. The van der Waals surface area contributed by atoms with Crippen LogP contribution in [0.2, 0.25) is 0 Å². The Labute approximate surface area is 135 Å². The van der Waals surface area contributed by atoms with Gasteiger partial charge in [-0.25, -0.2) is 0 Å². The van der Waals surface area contributed by atoms with Crippen molar-refractivity contribution in [2.24, 2.45) is 0 Å². The fourth-order valence-electron chi connectivity index (χ4n) is 3.91. The Kier molecular flexibility index (Phi) is 6.56. The van der Waals surface area contributed by atoms with Crippen LogP contribution in [0.25, 0.3) is 0 Å². The fraction of sp³-hybridized carbons (Fsp3) is 1.00. The molecule has 1 rings (SSSR count). The topological polar surface area (TPSA) is 12.0 Å². The van der Waals surface area contributed by atoms with Crippen molar-refractivity contribution < 1.29 is 4.48 Å². The Morgan fingerprint density at radius 2 is 1.45 bits per heavy atom. The maximum absolute atomic E-state index is 3.80. The quantitative estimate of drug-likeness (QED) is 0.410. The van der Waals surface area contributed by atoms with Crippen molar-refractivity contribution in [1.29, 1.82) is 0 Å². The maximum atomic E-state index is 3.80. The Hall–Kier alpha value is 0.400. The highest BCUT2D eigenvalue weighted by Gasteiger charge is 2.44. The average Bonchev–Trinajstić information content (AvgIpc) is 2.24. The standard InChI is InChI=1S/C17H36BrN2/c1-16(2)13-15(14-17(3,4)19-16)20(5,6)12-10-8-7-9-11-18/h15,19H,7-14H2,1-6H3/q+1. The third-order valence-corrected chi connectivity index (χ3v) is 5.34. The molecule has 1 fully saturated rings. The largest absolute Gasteiger partial charge is 0.326 e. The number of alkyl halides is 1. The first-order valence-corrected chi connectivity index (χ1v) is 9.38. The number of rotatable bonds is 7. The van der Waals surface area contributed by atoms with Crippen molar-refractivity contribution in [2.75, 3.05) is 26.0 Å². The summed E-state index contributed by atoms with van der Waals surface area (Å²) < 4.78 is 1.18. The summed E-state index contributed by atoms with van der Waals surface area (Å²) in [7, 11) is 4.87. The second kappa shape index (κ2) is 7.11. The minimum Gasteiger partial charge on any atom is -0.326 e. The van der Waals surface area contributed by atoms with Crippen LogP contribution in [0.15, 0.2) is 0 Å². The number of nitrogens with zero attached hydrogens (tertiary/aromatic N) is 1. The molecule has 3 heteroatoms. The van der Waals surface area contributed by atoms with Crippen LogP contribution in [0.3, 0.4) is 0 Å². The number of quaternary nitrogens is 1. The maximum Gasteiger partial charge on any atom is 0.0921 e. The van der Waals surface area contributed by atoms with Gasteiger partial charge in [-0.2, -0.15) is 0 Å². The van der Waals surface area contributed by atoms with E-state index in [9.17, 15) is 0 Å². The predicted molar refractivity (Wildman–Crippen MR) is 93.6 cm³/mol. The highest BCUT2D eigenvalue weighted by atomic mass is 79.9. The summed E-state index contributed by atoms with van der Waals surface area (Å²) in [5.74, 6) is 0. The Morgan fingerprint density at radius 1 is 0.950 bits per heavy atom. The minimum absolute atomic E-state index is 0.262. The summed E-state index contributed by atoms with van der Waals surface area (Å²) in [4.78, 5) is 0. The molecule has 0 unspecified atom stereocenters. The molecule has 1 heterocycles. The van der Waals surface area contributed by atoms with Crippen LogP contribution < -0.4 is 5.32 Å². The second-order valence-electron chi connectivity index (χ2n) is 8.56. The van der Waals surface area contributed by atoms with Gasteiger partial charge < -0.3 is 9.80 Å². The molecule has 0 aromatic heterocycles. The molecule has 0 radical (unpaired) electrons. The average molecular weight is 348 g/mol. The highest BCUT2D eigenvalue weighted by molar-refractivity contribution is 9.09. The van der Waals surface area contributed by atoms with Crippen LogP contribution in [-0.2, 0) is 0 Å². The highest BCUT2D eigenvalue weighted by Crippen LogP contribution is 2.33. The van der Waals surface area contributed by atoms with Crippen LogP contribution in [-0.4, -0.2) is 47.6 Å². The van der Waals surface area contributed by atoms with Gasteiger partial charge in [0.2, 0.25) is 0 Å². The monoisotopic (exact) mass is 347 g/mol. The van der Waals surface area contributed by atoms with E-state index in [2.05, 4.69) is 63.0 Å². The second-order valence-corrected chi connectivity index (χ2v) is 9.35. The van der Waals surface area contributed by atoms with Crippen LogP contribution >= 0.6 is 15.9 Å². The molecule has 2 nitrogen and oxygen atoms in total. The van der Waals surface area contributed by atoms with Gasteiger partial charge in [0.15, 0.2) is 0 Å². The lowest BCUT2D eigenvalue weighted by molar-refractivity contribution is -0.917. The zero-order valence-electron chi connectivity index (χ0n) is 14.6. The normalized spacial score (nSPS) is 22.9. The van der Waals surface area contributed by atoms with E-state index >= 15 is 0 Å². The molecule has 20 heavy (non-hydrogen) atoms. The molecule has 1 aliphatic heterocycles. The van der Waals surface area contributed by atoms with Crippen molar-refractivity contribution in [3.05, 3.63) is 0 Å². The molecule has 1 saturated heterocycles. The van der Waals surface area contributed by atoms with E-state index in [-0.39, 0.29) is 11.1 Å². The Bertz CT molecular complexity index is 281. The van der Waals surface area contributed by atoms with Gasteiger partial charge in [0.05, 0.1) is 26.7 Å². The molecule has 0 amide bonds. The van der Waals surface area contributed by atoms with Crippen LogP contribution in [0.4, 0.5) is 0 Å². The molecule has 1 N–H and O–H groups in total. The third kappa shape index (κ3) is 6.03. The van der Waals surface area contributed by atoms with Crippen LogP contribution in [0, 0.1) is 0 Å². The van der Waals surface area contributed by atoms with E-state index < -0.39 is 0 Å². The van der Waals surface area contributed by atoms with Crippen molar-refractivity contribution >= 4 is 15.9 Å². The molecule has 1 aliphatic rings. The number of hydrogen-bond acceptors (Lipinski definition) is 1. The Morgan fingerprint density at radius 3 is 1.95 bits per heavy atom. The number of piperidine rings is 1. The fourth-order valence-corrected chi connectivity index (χ4v) is 4.31.